The van der Waals surface area contributed by atoms with Crippen LogP contribution >= 0.6 is 23.4 Å². The van der Waals surface area contributed by atoms with Gasteiger partial charge >= 0.3 is 0 Å². The number of ether oxygens (including phenoxy) is 1. The van der Waals surface area contributed by atoms with Crippen molar-refractivity contribution in [1.29, 1.82) is 0 Å². The largest absolute Gasteiger partial charge is 0.501 e. The molecule has 0 radical (unpaired) electrons. The number of thioether (sulfide) groups is 1. The molecule has 2 heterocycles. The predicted molar refractivity (Wildman–Crippen MR) is 180 cm³/mol. The highest BCUT2D eigenvalue weighted by atomic mass is 35.5. The van der Waals surface area contributed by atoms with Gasteiger partial charge in [0.2, 0.25) is 0 Å². The fraction of sp³-hybridized carbons (Fsp3) is 0.486. The summed E-state index contributed by atoms with van der Waals surface area (Å²) in [6.07, 6.45) is 26.1. The molecule has 0 aromatic carbocycles. The van der Waals surface area contributed by atoms with Gasteiger partial charge in [-0.05, 0) is 86.8 Å². The molecule has 2 N–H and O–H groups in total. The Labute approximate surface area is 261 Å². The third-order valence-electron chi connectivity index (χ3n) is 8.84. The Hall–Kier alpha value is -2.54. The molecule has 1 aromatic rings. The highest BCUT2D eigenvalue weighted by molar-refractivity contribution is 8.01. The molecule has 0 spiro atoms. The summed E-state index contributed by atoms with van der Waals surface area (Å²) in [6.45, 7) is 3.91. The van der Waals surface area contributed by atoms with E-state index in [1.807, 2.05) is 37.5 Å². The van der Waals surface area contributed by atoms with Crippen LogP contribution in [-0.4, -0.2) is 53.9 Å². The minimum Gasteiger partial charge on any atom is -0.501 e. The first kappa shape index (κ1) is 32.4. The van der Waals surface area contributed by atoms with Gasteiger partial charge in [0.05, 0.1) is 23.5 Å². The first-order valence-electron chi connectivity index (χ1n) is 15.2. The lowest BCUT2D eigenvalue weighted by atomic mass is 9.74. The molecule has 2 aliphatic carbocycles. The standard InChI is InChI=1S/C35H46ClN3O2S/c1-5-8-26(28-15-20-33(38-3)39-23-28)21-30(41-4)18-13-27(24-11-16-29(37-2)17-12-24)22-32(40)35-34(36)25-9-6-7-10-31(42-35)19-14-25/h5-10,14-15,20-21,23-24,27,29,31,34-35,37H,1,11-13,16-19,22H2,2-4H3,(H,38,39)/b9-6-,10-7-,26-8+,30-21-. The van der Waals surface area contributed by atoms with E-state index in [4.69, 9.17) is 16.3 Å². The fourth-order valence-electron chi connectivity index (χ4n) is 6.29. The summed E-state index contributed by atoms with van der Waals surface area (Å²) in [7, 11) is 5.64. The molecular formula is C35H46ClN3O2S. The number of methoxy groups -OCH3 is 1. The van der Waals surface area contributed by atoms with Crippen LogP contribution in [0, 0.1) is 11.8 Å². The number of halogens is 1. The van der Waals surface area contributed by atoms with Gasteiger partial charge < -0.3 is 15.4 Å². The van der Waals surface area contributed by atoms with Crippen LogP contribution in [0.5, 0.6) is 0 Å². The molecule has 42 heavy (non-hydrogen) atoms. The van der Waals surface area contributed by atoms with E-state index in [2.05, 4.69) is 59.6 Å². The van der Waals surface area contributed by atoms with Gasteiger partial charge in [-0.3, -0.25) is 4.79 Å². The van der Waals surface area contributed by atoms with Crippen molar-refractivity contribution >= 4 is 40.5 Å². The molecule has 2 bridgehead atoms. The lowest BCUT2D eigenvalue weighted by Crippen LogP contribution is -2.35. The number of Topliss-reactive ketones (excluding diaryl/α,β-unsaturated/α-hetero) is 1. The average Bonchev–Trinajstić information content (AvgIpc) is 3.11. The van der Waals surface area contributed by atoms with Gasteiger partial charge in [0.25, 0.3) is 0 Å². The van der Waals surface area contributed by atoms with Gasteiger partial charge in [0.15, 0.2) is 0 Å². The number of pyridine rings is 1. The maximum atomic E-state index is 14.0. The molecule has 4 atom stereocenters. The third kappa shape index (κ3) is 8.75. The van der Waals surface area contributed by atoms with E-state index in [0.29, 0.717) is 18.4 Å². The van der Waals surface area contributed by atoms with Gasteiger partial charge in [-0.15, -0.1) is 23.4 Å². The third-order valence-corrected chi connectivity index (χ3v) is 11.0. The van der Waals surface area contributed by atoms with Crippen LogP contribution in [0.1, 0.15) is 56.9 Å². The summed E-state index contributed by atoms with van der Waals surface area (Å²) >= 11 is 8.73. The molecule has 0 amide bonds. The van der Waals surface area contributed by atoms with Crippen molar-refractivity contribution in [1.82, 2.24) is 10.3 Å². The average molecular weight is 608 g/mol. The van der Waals surface area contributed by atoms with Gasteiger partial charge in [-0.25, -0.2) is 4.98 Å². The molecule has 4 unspecified atom stereocenters. The van der Waals surface area contributed by atoms with Crippen molar-refractivity contribution < 1.29 is 9.53 Å². The van der Waals surface area contributed by atoms with Gasteiger partial charge in [-0.2, -0.15) is 0 Å². The SMILES string of the molecule is C=C/C=C(\C=C(\CCC(CC(=O)C1SC2/C=C\C=C/C(=CC2)C1Cl)C1CCC(NC)CC1)OC)c1ccc(NC)nc1. The van der Waals surface area contributed by atoms with Crippen molar-refractivity contribution in [2.45, 2.75) is 73.3 Å². The van der Waals surface area contributed by atoms with E-state index in [9.17, 15) is 4.79 Å². The highest BCUT2D eigenvalue weighted by Gasteiger charge is 2.36. The van der Waals surface area contributed by atoms with Crippen LogP contribution in [0.25, 0.3) is 5.57 Å². The lowest BCUT2D eigenvalue weighted by molar-refractivity contribution is -0.120. The Balaban J connectivity index is 1.51. The number of fused-ring (bicyclic) bond motifs is 2. The molecule has 1 aliphatic heterocycles. The Kier molecular flexibility index (Phi) is 12.6. The van der Waals surface area contributed by atoms with Crippen LogP contribution in [0.4, 0.5) is 5.82 Å². The Morgan fingerprint density at radius 1 is 1.24 bits per heavy atom. The summed E-state index contributed by atoms with van der Waals surface area (Å²) in [5, 5.41) is 6.27. The molecule has 226 valence electrons. The maximum absolute atomic E-state index is 14.0. The summed E-state index contributed by atoms with van der Waals surface area (Å²) in [5.74, 6) is 2.80. The van der Waals surface area contributed by atoms with E-state index < -0.39 is 0 Å². The van der Waals surface area contributed by atoms with E-state index >= 15 is 0 Å². The molecule has 5 nitrogen and oxygen atoms in total. The van der Waals surface area contributed by atoms with E-state index in [1.165, 1.54) is 0 Å². The molecule has 1 fully saturated rings. The second-order valence-electron chi connectivity index (χ2n) is 11.4. The summed E-state index contributed by atoms with van der Waals surface area (Å²) in [6, 6.07) is 4.58. The van der Waals surface area contributed by atoms with Gasteiger partial charge in [-0.1, -0.05) is 49.1 Å². The zero-order chi connectivity index (χ0) is 29.9. The number of alkyl halides is 1. The molecular weight excluding hydrogens is 562 g/mol. The lowest BCUT2D eigenvalue weighted by Gasteiger charge is -2.34. The molecule has 4 rings (SSSR count). The first-order valence-corrected chi connectivity index (χ1v) is 16.6. The van der Waals surface area contributed by atoms with Crippen molar-refractivity contribution in [2.75, 3.05) is 26.5 Å². The Morgan fingerprint density at radius 2 is 2.05 bits per heavy atom. The van der Waals surface area contributed by atoms with Crippen molar-refractivity contribution in [2.24, 2.45) is 11.8 Å². The second-order valence-corrected chi connectivity index (χ2v) is 13.3. The Morgan fingerprint density at radius 3 is 2.71 bits per heavy atom. The minimum absolute atomic E-state index is 0.235. The molecule has 3 aliphatic rings. The monoisotopic (exact) mass is 607 g/mol. The molecule has 0 saturated heterocycles. The predicted octanol–water partition coefficient (Wildman–Crippen LogP) is 7.89. The topological polar surface area (TPSA) is 63.2 Å². The number of nitrogens with one attached hydrogen (secondary N) is 2. The number of anilines is 1. The Bertz CT molecular complexity index is 1210. The summed E-state index contributed by atoms with van der Waals surface area (Å²) < 4.78 is 5.90. The normalized spacial score (nSPS) is 28.5. The van der Waals surface area contributed by atoms with E-state index in [0.717, 1.165) is 73.2 Å². The smallest absolute Gasteiger partial charge is 0.147 e. The zero-order valence-electron chi connectivity index (χ0n) is 25.2. The number of carbonyl (C=O) groups excluding carboxylic acids is 1. The number of rotatable bonds is 13. The van der Waals surface area contributed by atoms with Crippen molar-refractivity contribution in [3.8, 4) is 0 Å². The fourth-order valence-corrected chi connectivity index (χ4v) is 8.08. The van der Waals surface area contributed by atoms with E-state index in [1.54, 1.807) is 24.9 Å². The number of aromatic nitrogens is 1. The number of hydrogen-bond acceptors (Lipinski definition) is 6. The summed E-state index contributed by atoms with van der Waals surface area (Å²) in [4.78, 5) is 18.5. The van der Waals surface area contributed by atoms with Gasteiger partial charge in [0, 0.05) is 42.9 Å². The van der Waals surface area contributed by atoms with Crippen LogP contribution in [-0.2, 0) is 9.53 Å². The molecule has 7 heteroatoms. The molecule has 1 saturated carbocycles. The minimum atomic E-state index is -0.298. The van der Waals surface area contributed by atoms with Crippen LogP contribution in [0.3, 0.4) is 0 Å². The quantitative estimate of drug-likeness (QED) is 0.135. The number of carbonyl (C=O) groups is 1. The number of nitrogens with zero attached hydrogens (tertiary/aromatic N) is 1. The first-order chi connectivity index (χ1) is 20.4. The van der Waals surface area contributed by atoms with Crippen LogP contribution < -0.4 is 10.6 Å². The van der Waals surface area contributed by atoms with Gasteiger partial charge in [0.1, 0.15) is 11.6 Å². The van der Waals surface area contributed by atoms with E-state index in [-0.39, 0.29) is 27.6 Å². The number of allylic oxidation sites excluding steroid dienone is 10. The molecule has 1 aromatic heterocycles. The van der Waals surface area contributed by atoms with Crippen LogP contribution in [0.2, 0.25) is 0 Å². The number of hydrogen-bond donors (Lipinski definition) is 2. The number of ketones is 1. The maximum Gasteiger partial charge on any atom is 0.147 e. The van der Waals surface area contributed by atoms with Crippen LogP contribution in [0.15, 0.2) is 84.8 Å². The van der Waals surface area contributed by atoms with Crippen molar-refractivity contribution in [3.63, 3.8) is 0 Å². The van der Waals surface area contributed by atoms with Crippen molar-refractivity contribution in [3.05, 3.63) is 90.4 Å². The summed E-state index contributed by atoms with van der Waals surface area (Å²) in [5.41, 5.74) is 3.07. The zero-order valence-corrected chi connectivity index (χ0v) is 26.8. The second kappa shape index (κ2) is 16.3. The highest BCUT2D eigenvalue weighted by Crippen LogP contribution is 2.40.